The van der Waals surface area contributed by atoms with Crippen molar-refractivity contribution in [2.75, 3.05) is 0 Å². The Morgan fingerprint density at radius 2 is 0.891 bits per heavy atom. The molecule has 0 saturated heterocycles. The molecule has 0 bridgehead atoms. The number of H-pyrrole nitrogens is 3. The lowest BCUT2D eigenvalue weighted by Crippen LogP contribution is -1.83. The molecule has 0 spiro atoms. The summed E-state index contributed by atoms with van der Waals surface area (Å²) >= 11 is 6.13. The van der Waals surface area contributed by atoms with Crippen LogP contribution >= 0.6 is 45.9 Å². The van der Waals surface area contributed by atoms with E-state index in [0.29, 0.717) is 11.8 Å². The number of nitrogens with one attached hydrogen (secondary N) is 3. The van der Waals surface area contributed by atoms with E-state index in [1.807, 2.05) is 240 Å². The van der Waals surface area contributed by atoms with Gasteiger partial charge in [0.25, 0.3) is 0 Å². The molecule has 10 rings (SSSR count). The summed E-state index contributed by atoms with van der Waals surface area (Å²) < 4.78 is 22.9. The Kier molecular flexibility index (Phi) is 213. The molecule has 0 unspecified atom stereocenters. The summed E-state index contributed by atoms with van der Waals surface area (Å²) in [4.78, 5) is 1.27. The summed E-state index contributed by atoms with van der Waals surface area (Å²) in [7, 11) is 1.89. The average molecular weight is 1390 g/mol. The van der Waals surface area contributed by atoms with E-state index in [9.17, 15) is 0 Å². The van der Waals surface area contributed by atoms with Crippen molar-refractivity contribution < 1.29 is 8.94 Å². The molecule has 10 aromatic heterocycles. The Bertz CT molecular complexity index is 1880. The van der Waals surface area contributed by atoms with Crippen LogP contribution in [0.2, 0.25) is 0 Å². The second kappa shape index (κ2) is 129. The van der Waals surface area contributed by atoms with E-state index in [-0.39, 0.29) is 104 Å². The molecule has 22 heteroatoms. The molecule has 18 nitrogen and oxygen atoms in total. The largest absolute Gasteiger partial charge is 0.426 e. The first-order valence-electron chi connectivity index (χ1n) is 26.5. The number of hydrogen-bond donors (Lipinski definition) is 3. The number of nitrogens with zero attached hydrogens (tertiary/aromatic N) is 13. The second-order valence-electron chi connectivity index (χ2n) is 12.2. The van der Waals surface area contributed by atoms with Gasteiger partial charge in [-0.1, -0.05) is 220 Å². The molecule has 10 aromatic rings. The Morgan fingerprint density at radius 3 is 0.989 bits per heavy atom. The molecule has 92 heavy (non-hydrogen) atoms. The summed E-state index contributed by atoms with van der Waals surface area (Å²) in [6, 6.07) is 11.5. The maximum Gasteiger partial charge on any atom is 0.213 e. The third-order valence-corrected chi connectivity index (χ3v) is 8.82. The molecule has 0 fully saturated rings. The van der Waals surface area contributed by atoms with Crippen molar-refractivity contribution in [3.63, 3.8) is 0 Å². The highest BCUT2D eigenvalue weighted by molar-refractivity contribution is 7.11. The van der Waals surface area contributed by atoms with Crippen molar-refractivity contribution in [1.29, 1.82) is 0 Å². The van der Waals surface area contributed by atoms with Crippen LogP contribution in [-0.2, 0) is 7.05 Å². The van der Waals surface area contributed by atoms with Crippen molar-refractivity contribution in [3.8, 4) is 0 Å². The fraction of sp³-hybridized carbons (Fsp3) is 0.600. The molecule has 0 radical (unpaired) electrons. The normalized spacial score (nSPS) is 6.57. The van der Waals surface area contributed by atoms with Crippen molar-refractivity contribution in [1.82, 2.24) is 79.0 Å². The van der Waals surface area contributed by atoms with Gasteiger partial charge in [-0.15, -0.1) is 31.7 Å². The average Bonchev–Trinajstić information content (AvgIpc) is 4.29. The van der Waals surface area contributed by atoms with E-state index in [1.165, 1.54) is 50.6 Å². The van der Waals surface area contributed by atoms with Gasteiger partial charge in [0.05, 0.1) is 18.1 Å². The van der Waals surface area contributed by atoms with Crippen LogP contribution in [0.5, 0.6) is 0 Å². The van der Waals surface area contributed by atoms with Crippen LogP contribution in [0.25, 0.3) is 0 Å². The summed E-state index contributed by atoms with van der Waals surface area (Å²) in [5.41, 5.74) is 5.75. The third-order valence-electron chi connectivity index (χ3n) is 6.06. The van der Waals surface area contributed by atoms with Crippen LogP contribution in [0.3, 0.4) is 0 Å². The molecule has 0 aromatic carbocycles. The number of aromatic amines is 3. The summed E-state index contributed by atoms with van der Waals surface area (Å²) in [6.07, 6.45) is 16.0. The van der Waals surface area contributed by atoms with Gasteiger partial charge in [-0.25, -0.2) is 8.75 Å². The number of aryl methyl sites for hydroxylation is 12. The highest BCUT2D eigenvalue weighted by atomic mass is 32.1. The van der Waals surface area contributed by atoms with Gasteiger partial charge < -0.3 is 8.94 Å². The van der Waals surface area contributed by atoms with Gasteiger partial charge in [-0.2, -0.15) is 24.8 Å². The highest BCUT2D eigenvalue weighted by Crippen LogP contribution is 2.04. The lowest BCUT2D eigenvalue weighted by Gasteiger charge is -1.77. The van der Waals surface area contributed by atoms with E-state index in [0.717, 1.165) is 32.9 Å². The quantitative estimate of drug-likeness (QED) is 0.128. The number of aromatic nitrogens is 16. The Hall–Kier alpha value is -6.36. The first-order chi connectivity index (χ1) is 37.7. The van der Waals surface area contributed by atoms with Gasteiger partial charge in [0, 0.05) is 97.4 Å². The fourth-order valence-corrected chi connectivity index (χ4v) is 5.25. The topological polar surface area (TPSA) is 233 Å². The maximum atomic E-state index is 4.86. The standard InChI is InChI=1S/C4H6N2O.C4H6N2S.4C4H6N2.C4H5NO.3C4H5NS.8C2H6.14CH4/c2*1-3-5-6-4(2)7-3;1-4-2-5-6-3-4;1-6-4-2-3-5-6;3*1-4-2-3-5-6-4;1-4-2-5-6-3-4;1-4-2-3-6-5-4;1-4-2-3-5-6-4;8*1-2;;;;;;;;;;;;;;/h2*1-2H3;2-3H,1H3,(H,5,6);2-4H,1H3;2*2-3H,1H3,(H,5,6);4*2-3H,1H3;8*1-2H3;14*1H4. The Labute approximate surface area is 591 Å². The minimum atomic E-state index is 0. The molecular formula is C70H160N16O2S4. The monoisotopic (exact) mass is 1390 g/mol. The van der Waals surface area contributed by atoms with Gasteiger partial charge in [0.2, 0.25) is 11.8 Å². The van der Waals surface area contributed by atoms with Crippen molar-refractivity contribution in [3.05, 3.63) is 164 Å². The van der Waals surface area contributed by atoms with Crippen LogP contribution < -0.4 is 0 Å². The number of rotatable bonds is 0. The van der Waals surface area contributed by atoms with E-state index in [2.05, 4.69) is 78.9 Å². The van der Waals surface area contributed by atoms with Gasteiger partial charge in [-0.3, -0.25) is 20.0 Å². The fourth-order valence-electron chi connectivity index (χ4n) is 3.19. The molecule has 0 saturated carbocycles. The van der Waals surface area contributed by atoms with E-state index in [4.69, 9.17) is 4.42 Å². The van der Waals surface area contributed by atoms with Gasteiger partial charge in [0.15, 0.2) is 0 Å². The third kappa shape index (κ3) is 125. The predicted octanol–water partition coefficient (Wildman–Crippen LogP) is 26.9. The zero-order valence-electron chi connectivity index (χ0n) is 53.1. The smallest absolute Gasteiger partial charge is 0.213 e. The second-order valence-corrected chi connectivity index (χ2v) is 15.9. The summed E-state index contributed by atoms with van der Waals surface area (Å²) in [5.74, 6) is 2.10. The first-order valence-corrected chi connectivity index (χ1v) is 29.8. The highest BCUT2D eigenvalue weighted by Gasteiger charge is 1.90. The van der Waals surface area contributed by atoms with Crippen molar-refractivity contribution in [2.45, 2.75) is 291 Å². The SMILES string of the molecule is C.C.C.C.C.C.C.C.C.C.C.C.C.C.CC.CC.CC.CC.CC.CC.CC.CC.Cc1ccn[nH]1.Cc1ccn[nH]1.Cc1ccno1.Cc1ccns1.Cc1ccsn1.Cc1cn[nH]c1.Cc1cnsc1.Cc1nnc(C)o1.Cc1nnc(C)s1.Cn1cccn1. The predicted molar refractivity (Wildman–Crippen MR) is 433 cm³/mol. The molecule has 0 aliphatic rings. The van der Waals surface area contributed by atoms with Crippen molar-refractivity contribution >= 4 is 45.9 Å². The van der Waals surface area contributed by atoms with E-state index < -0.39 is 0 Å². The minimum Gasteiger partial charge on any atom is -0.426 e. The van der Waals surface area contributed by atoms with Gasteiger partial charge >= 0.3 is 0 Å². The maximum absolute atomic E-state index is 4.86. The van der Waals surface area contributed by atoms with Crippen LogP contribution in [0.4, 0.5) is 0 Å². The van der Waals surface area contributed by atoms with Crippen LogP contribution in [0.15, 0.2) is 112 Å². The Balaban J connectivity index is -0.0000000284. The molecule has 0 aliphatic heterocycles. The summed E-state index contributed by atoms with van der Waals surface area (Å²) in [6.45, 7) is 53.3. The van der Waals surface area contributed by atoms with Crippen molar-refractivity contribution in [2.24, 2.45) is 7.05 Å². The van der Waals surface area contributed by atoms with Gasteiger partial charge in [0.1, 0.15) is 15.8 Å². The molecule has 0 atom stereocenters. The zero-order chi connectivity index (χ0) is 61.8. The van der Waals surface area contributed by atoms with E-state index in [1.54, 1.807) is 73.1 Å². The molecular weight excluding hydrogens is 1230 g/mol. The lowest BCUT2D eigenvalue weighted by molar-refractivity contribution is 0.397. The molecule has 3 N–H and O–H groups in total. The van der Waals surface area contributed by atoms with Crippen LogP contribution in [0, 0.1) is 76.2 Å². The zero-order valence-corrected chi connectivity index (χ0v) is 56.3. The summed E-state index contributed by atoms with van der Waals surface area (Å²) in [5, 5.41) is 47.4. The molecule has 0 amide bonds. The molecule has 556 valence electrons. The number of hydrogen-bond acceptors (Lipinski definition) is 18. The van der Waals surface area contributed by atoms with Crippen LogP contribution in [0.1, 0.15) is 275 Å². The lowest BCUT2D eigenvalue weighted by atomic mass is 10.4. The van der Waals surface area contributed by atoms with E-state index >= 15 is 0 Å². The minimum absolute atomic E-state index is 0. The first kappa shape index (κ1) is 151. The van der Waals surface area contributed by atoms with Crippen LogP contribution in [-0.4, -0.2) is 79.0 Å². The van der Waals surface area contributed by atoms with Gasteiger partial charge in [-0.05, 0) is 138 Å². The molecule has 0 aliphatic carbocycles. The molecule has 10 heterocycles. The Morgan fingerprint density at radius 1 is 0.446 bits per heavy atom.